The van der Waals surface area contributed by atoms with Crippen LogP contribution >= 0.6 is 0 Å². The van der Waals surface area contributed by atoms with Gasteiger partial charge in [0.1, 0.15) is 23.4 Å². The van der Waals surface area contributed by atoms with Crippen molar-refractivity contribution >= 4 is 34.5 Å². The number of aliphatic hydroxyl groups is 1. The van der Waals surface area contributed by atoms with Crippen LogP contribution in [0, 0.1) is 17.7 Å². The van der Waals surface area contributed by atoms with Gasteiger partial charge in [0.25, 0.3) is 0 Å². The number of H-pyrrole nitrogens is 1. The van der Waals surface area contributed by atoms with Crippen LogP contribution in [0.2, 0.25) is 0 Å². The second kappa shape index (κ2) is 16.0. The van der Waals surface area contributed by atoms with Crippen molar-refractivity contribution in [2.75, 3.05) is 13.2 Å². The molecule has 0 bridgehead atoms. The van der Waals surface area contributed by atoms with Crippen LogP contribution in [0.3, 0.4) is 0 Å². The average Bonchev–Trinajstić information content (AvgIpc) is 3.45. The van der Waals surface area contributed by atoms with E-state index < -0.39 is 64.7 Å². The first-order valence-corrected chi connectivity index (χ1v) is 16.9. The van der Waals surface area contributed by atoms with Gasteiger partial charge in [0, 0.05) is 24.0 Å². The molecule has 1 aromatic heterocycles. The molecule has 0 spiro atoms. The molecule has 14 heteroatoms. The van der Waals surface area contributed by atoms with E-state index in [1.165, 1.54) is 30.3 Å². The molecule has 0 fully saturated rings. The predicted molar refractivity (Wildman–Crippen MR) is 179 cm³/mol. The highest BCUT2D eigenvalue weighted by molar-refractivity contribution is 5.98. The molecular weight excluding hydrogens is 658 g/mol. The Morgan fingerprint density at radius 1 is 0.940 bits per heavy atom. The molecule has 1 aliphatic rings. The lowest BCUT2D eigenvalue weighted by atomic mass is 9.78. The molecule has 2 unspecified atom stereocenters. The fraction of sp³-hybridized carbons (Fsp3) is 0.500. The van der Waals surface area contributed by atoms with Crippen LogP contribution in [0.5, 0.6) is 0 Å². The summed E-state index contributed by atoms with van der Waals surface area (Å²) in [5, 5.41) is 20.4. The van der Waals surface area contributed by atoms with Crippen molar-refractivity contribution in [2.45, 2.75) is 90.0 Å². The molecule has 4 amide bonds. The SMILES string of the molecule is CCC(C)[C@H](NC(=O)Cc1ccccc1F)C(=O)N[C@]1(C(=O)N[C@H](C(=O)NCCO)C(C)CC)CCc2[nH]c3c(C(F)(F)F)cccc3c2C1. The van der Waals surface area contributed by atoms with E-state index in [0.29, 0.717) is 24.1 Å². The van der Waals surface area contributed by atoms with Crippen molar-refractivity contribution in [1.82, 2.24) is 26.3 Å². The maximum atomic E-state index is 14.4. The minimum Gasteiger partial charge on any atom is -0.395 e. The van der Waals surface area contributed by atoms with Crippen LogP contribution in [0.4, 0.5) is 17.6 Å². The standard InChI is InChI=1S/C36H45F4N5O5/c1-5-20(3)29(32(48)41-16-17-46)44-34(50)35(15-14-27-24(19-35)23-11-9-12-25(31(23)42-27)36(38,39)40)45-33(49)30(21(4)6-2)43-28(47)18-22-10-7-8-13-26(22)37/h7-13,20-21,29-30,42,46H,5-6,14-19H2,1-4H3,(H,41,48)(H,43,47)(H,44,50)(H,45,49)/t20?,21?,29-,30-,35+/m0/s1. The summed E-state index contributed by atoms with van der Waals surface area (Å²) in [7, 11) is 0. The molecule has 10 nitrogen and oxygen atoms in total. The Morgan fingerprint density at radius 3 is 2.22 bits per heavy atom. The quantitative estimate of drug-likeness (QED) is 0.140. The van der Waals surface area contributed by atoms with Gasteiger partial charge >= 0.3 is 6.18 Å². The Hall–Kier alpha value is -4.46. The van der Waals surface area contributed by atoms with Crippen molar-refractivity contribution < 1.29 is 41.8 Å². The van der Waals surface area contributed by atoms with E-state index in [-0.39, 0.29) is 61.2 Å². The van der Waals surface area contributed by atoms with E-state index in [9.17, 15) is 41.8 Å². The van der Waals surface area contributed by atoms with Gasteiger partial charge < -0.3 is 31.4 Å². The third kappa shape index (κ3) is 8.45. The first kappa shape index (κ1) is 38.3. The lowest BCUT2D eigenvalue weighted by Gasteiger charge is -2.39. The van der Waals surface area contributed by atoms with E-state index in [2.05, 4.69) is 26.3 Å². The van der Waals surface area contributed by atoms with Gasteiger partial charge in [0.05, 0.1) is 24.1 Å². The number of nitrogens with one attached hydrogen (secondary N) is 5. The number of benzene rings is 2. The van der Waals surface area contributed by atoms with Crippen LogP contribution in [0.15, 0.2) is 42.5 Å². The van der Waals surface area contributed by atoms with E-state index in [1.807, 2.05) is 13.8 Å². The molecule has 5 atom stereocenters. The average molecular weight is 704 g/mol. The Bertz CT molecular complexity index is 1710. The van der Waals surface area contributed by atoms with Gasteiger partial charge in [-0.3, -0.25) is 19.2 Å². The summed E-state index contributed by atoms with van der Waals surface area (Å²) in [6, 6.07) is 7.32. The summed E-state index contributed by atoms with van der Waals surface area (Å²) in [4.78, 5) is 57.8. The number of aryl methyl sites for hydroxylation is 1. The minimum atomic E-state index is -4.65. The lowest BCUT2D eigenvalue weighted by Crippen LogP contribution is -2.67. The highest BCUT2D eigenvalue weighted by Crippen LogP contribution is 2.40. The van der Waals surface area contributed by atoms with Crippen LogP contribution in [0.1, 0.15) is 69.3 Å². The normalized spacial score (nSPS) is 18.3. The van der Waals surface area contributed by atoms with Gasteiger partial charge in [0.2, 0.25) is 23.6 Å². The molecule has 2 aromatic carbocycles. The lowest BCUT2D eigenvalue weighted by molar-refractivity contribution is -0.139. The summed E-state index contributed by atoms with van der Waals surface area (Å²) in [5.41, 5.74) is -1.69. The highest BCUT2D eigenvalue weighted by Gasteiger charge is 2.47. The maximum absolute atomic E-state index is 14.4. The summed E-state index contributed by atoms with van der Waals surface area (Å²) < 4.78 is 56.2. The number of amides is 4. The number of rotatable bonds is 14. The molecule has 1 aliphatic carbocycles. The van der Waals surface area contributed by atoms with Crippen LogP contribution in [-0.2, 0) is 44.6 Å². The molecule has 0 saturated heterocycles. The fourth-order valence-corrected chi connectivity index (χ4v) is 6.39. The Morgan fingerprint density at radius 2 is 1.60 bits per heavy atom. The number of aromatic nitrogens is 1. The van der Waals surface area contributed by atoms with Crippen molar-refractivity contribution in [3.63, 3.8) is 0 Å². The Kier molecular flexibility index (Phi) is 12.3. The molecule has 6 N–H and O–H groups in total. The van der Waals surface area contributed by atoms with Crippen LogP contribution in [0.25, 0.3) is 10.9 Å². The number of alkyl halides is 3. The number of carbonyl (C=O) groups excluding carboxylic acids is 4. The van der Waals surface area contributed by atoms with E-state index >= 15 is 0 Å². The molecule has 272 valence electrons. The maximum Gasteiger partial charge on any atom is 0.418 e. The monoisotopic (exact) mass is 703 g/mol. The van der Waals surface area contributed by atoms with Gasteiger partial charge in [-0.05, 0) is 47.9 Å². The van der Waals surface area contributed by atoms with Gasteiger partial charge in [-0.2, -0.15) is 13.2 Å². The first-order chi connectivity index (χ1) is 23.6. The van der Waals surface area contributed by atoms with Gasteiger partial charge in [0.15, 0.2) is 0 Å². The summed E-state index contributed by atoms with van der Waals surface area (Å²) >= 11 is 0. The van der Waals surface area contributed by atoms with Crippen molar-refractivity contribution in [3.8, 4) is 0 Å². The highest BCUT2D eigenvalue weighted by atomic mass is 19.4. The van der Waals surface area contributed by atoms with Crippen molar-refractivity contribution in [3.05, 3.63) is 70.7 Å². The summed E-state index contributed by atoms with van der Waals surface area (Å²) in [5.74, 6) is -3.96. The van der Waals surface area contributed by atoms with Crippen molar-refractivity contribution in [2.24, 2.45) is 11.8 Å². The third-order valence-electron chi connectivity index (χ3n) is 9.73. The Balaban J connectivity index is 1.73. The Labute approximate surface area is 288 Å². The molecular formula is C36H45F4N5O5. The number of hydrogen-bond donors (Lipinski definition) is 6. The van der Waals surface area contributed by atoms with Crippen molar-refractivity contribution in [1.29, 1.82) is 0 Å². The van der Waals surface area contributed by atoms with Gasteiger partial charge in [-0.1, -0.05) is 70.9 Å². The predicted octanol–water partition coefficient (Wildman–Crippen LogP) is 4.08. The van der Waals surface area contributed by atoms with Crippen LogP contribution in [-0.4, -0.2) is 64.5 Å². The first-order valence-electron chi connectivity index (χ1n) is 16.9. The van der Waals surface area contributed by atoms with Crippen LogP contribution < -0.4 is 21.3 Å². The molecule has 0 saturated carbocycles. The second-order valence-corrected chi connectivity index (χ2v) is 13.1. The number of carbonyl (C=O) groups is 4. The smallest absolute Gasteiger partial charge is 0.395 e. The molecule has 4 rings (SSSR count). The zero-order chi connectivity index (χ0) is 36.8. The van der Waals surface area contributed by atoms with E-state index in [1.54, 1.807) is 19.9 Å². The fourth-order valence-electron chi connectivity index (χ4n) is 6.39. The molecule has 3 aromatic rings. The molecule has 1 heterocycles. The van der Waals surface area contributed by atoms with Gasteiger partial charge in [-0.15, -0.1) is 0 Å². The number of fused-ring (bicyclic) bond motifs is 3. The van der Waals surface area contributed by atoms with E-state index in [4.69, 9.17) is 0 Å². The zero-order valence-corrected chi connectivity index (χ0v) is 28.6. The van der Waals surface area contributed by atoms with Gasteiger partial charge in [-0.25, -0.2) is 4.39 Å². The minimum absolute atomic E-state index is 0.0341. The molecule has 50 heavy (non-hydrogen) atoms. The second-order valence-electron chi connectivity index (χ2n) is 13.1. The zero-order valence-electron chi connectivity index (χ0n) is 28.6. The van der Waals surface area contributed by atoms with E-state index in [0.717, 1.165) is 6.07 Å². The topological polar surface area (TPSA) is 152 Å². The number of hydrogen-bond acceptors (Lipinski definition) is 5. The third-order valence-corrected chi connectivity index (χ3v) is 9.73. The molecule has 0 radical (unpaired) electrons. The largest absolute Gasteiger partial charge is 0.418 e. The number of aliphatic hydroxyl groups excluding tert-OH is 1. The summed E-state index contributed by atoms with van der Waals surface area (Å²) in [6.07, 6.45) is -4.19. The number of aromatic amines is 1. The number of halogens is 4. The number of para-hydroxylation sites is 1. The molecule has 0 aliphatic heterocycles. The summed E-state index contributed by atoms with van der Waals surface area (Å²) in [6.45, 7) is 6.77.